The van der Waals surface area contributed by atoms with Gasteiger partial charge in [0, 0.05) is 18.7 Å². The van der Waals surface area contributed by atoms with Crippen LogP contribution in [0, 0.1) is 5.82 Å². The number of halogens is 2. The number of hydrogen-bond donors (Lipinski definition) is 3. The lowest BCUT2D eigenvalue weighted by atomic mass is 10.1. The van der Waals surface area contributed by atoms with Crippen LogP contribution in [0.25, 0.3) is 0 Å². The molecule has 0 aliphatic rings. The average Bonchev–Trinajstić information content (AvgIpc) is 2.64. The molecule has 0 amide bonds. The highest BCUT2D eigenvalue weighted by Gasteiger charge is 2.10. The van der Waals surface area contributed by atoms with E-state index in [4.69, 9.17) is 4.74 Å². The second-order valence-corrected chi connectivity index (χ2v) is 6.42. The molecule has 0 aromatic heterocycles. The summed E-state index contributed by atoms with van der Waals surface area (Å²) in [6.07, 6.45) is -0.653. The summed E-state index contributed by atoms with van der Waals surface area (Å²) in [5.41, 5.74) is 1.28. The van der Waals surface area contributed by atoms with E-state index >= 15 is 0 Å². The fourth-order valence-corrected chi connectivity index (χ4v) is 2.51. The monoisotopic (exact) mass is 501 g/mol. The molecule has 2 aromatic rings. The van der Waals surface area contributed by atoms with Gasteiger partial charge in [-0.15, -0.1) is 24.0 Å². The molecule has 2 aromatic carbocycles. The lowest BCUT2D eigenvalue weighted by Crippen LogP contribution is -2.39. The van der Waals surface area contributed by atoms with Crippen molar-refractivity contribution in [2.45, 2.75) is 39.5 Å². The van der Waals surface area contributed by atoms with Crippen molar-refractivity contribution in [3.63, 3.8) is 0 Å². The summed E-state index contributed by atoms with van der Waals surface area (Å²) >= 11 is 0. The third-order valence-corrected chi connectivity index (χ3v) is 3.79. The summed E-state index contributed by atoms with van der Waals surface area (Å²) in [5.74, 6) is 0.968. The summed E-state index contributed by atoms with van der Waals surface area (Å²) in [5, 5.41) is 16.7. The van der Waals surface area contributed by atoms with E-state index in [1.807, 2.05) is 45.0 Å². The highest BCUT2D eigenvalue weighted by atomic mass is 127. The van der Waals surface area contributed by atoms with Gasteiger partial charge in [0.05, 0.1) is 18.8 Å². The Labute approximate surface area is 183 Å². The highest BCUT2D eigenvalue weighted by Crippen LogP contribution is 2.20. The van der Waals surface area contributed by atoms with E-state index in [2.05, 4.69) is 15.6 Å². The number of aliphatic imine (C=N–C) groups is 1. The van der Waals surface area contributed by atoms with Crippen molar-refractivity contribution in [3.8, 4) is 5.75 Å². The Kier molecular flexibility index (Phi) is 10.8. The van der Waals surface area contributed by atoms with Crippen LogP contribution in [0.15, 0.2) is 53.5 Å². The first kappa shape index (κ1) is 24.2. The van der Waals surface area contributed by atoms with Crippen molar-refractivity contribution in [1.82, 2.24) is 10.6 Å². The van der Waals surface area contributed by atoms with Gasteiger partial charge in [-0.05, 0) is 44.5 Å². The van der Waals surface area contributed by atoms with Crippen LogP contribution in [0.2, 0.25) is 0 Å². The zero-order valence-corrected chi connectivity index (χ0v) is 18.8. The Morgan fingerprint density at radius 3 is 2.57 bits per heavy atom. The Hall–Kier alpha value is -1.87. The maximum Gasteiger partial charge on any atom is 0.191 e. The molecule has 7 heteroatoms. The molecule has 154 valence electrons. The van der Waals surface area contributed by atoms with E-state index < -0.39 is 6.10 Å². The van der Waals surface area contributed by atoms with Crippen molar-refractivity contribution in [2.75, 3.05) is 13.1 Å². The van der Waals surface area contributed by atoms with Gasteiger partial charge in [0.25, 0.3) is 0 Å². The predicted molar refractivity (Wildman–Crippen MR) is 122 cm³/mol. The normalized spacial score (nSPS) is 12.3. The fraction of sp³-hybridized carbons (Fsp3) is 0.381. The van der Waals surface area contributed by atoms with Crippen LogP contribution in [-0.4, -0.2) is 30.3 Å². The van der Waals surface area contributed by atoms with Crippen molar-refractivity contribution in [2.24, 2.45) is 4.99 Å². The van der Waals surface area contributed by atoms with Crippen LogP contribution in [0.5, 0.6) is 5.75 Å². The number of aliphatic hydroxyl groups is 1. The van der Waals surface area contributed by atoms with Gasteiger partial charge in [0.1, 0.15) is 11.6 Å². The van der Waals surface area contributed by atoms with E-state index in [9.17, 15) is 9.50 Å². The van der Waals surface area contributed by atoms with Crippen LogP contribution in [-0.2, 0) is 6.54 Å². The Bertz CT molecular complexity index is 756. The number of nitrogens with zero attached hydrogens (tertiary/aromatic N) is 1. The molecule has 0 heterocycles. The number of ether oxygens (including phenoxy) is 1. The number of benzene rings is 2. The fourth-order valence-electron chi connectivity index (χ4n) is 2.51. The molecular formula is C21H29FIN3O2. The largest absolute Gasteiger partial charge is 0.491 e. The molecule has 1 unspecified atom stereocenters. The van der Waals surface area contributed by atoms with Crippen LogP contribution in [0.3, 0.4) is 0 Å². The lowest BCUT2D eigenvalue weighted by Gasteiger charge is -2.17. The minimum atomic E-state index is -0.724. The molecule has 0 aliphatic heterocycles. The zero-order chi connectivity index (χ0) is 19.6. The lowest BCUT2D eigenvalue weighted by molar-refractivity contribution is 0.179. The van der Waals surface area contributed by atoms with Crippen molar-refractivity contribution >= 4 is 29.9 Å². The first-order valence-electron chi connectivity index (χ1n) is 9.19. The summed E-state index contributed by atoms with van der Waals surface area (Å²) in [4.78, 5) is 4.39. The smallest absolute Gasteiger partial charge is 0.191 e. The van der Waals surface area contributed by atoms with Crippen molar-refractivity contribution in [1.29, 1.82) is 0 Å². The van der Waals surface area contributed by atoms with Gasteiger partial charge in [-0.25, -0.2) is 9.38 Å². The van der Waals surface area contributed by atoms with Crippen molar-refractivity contribution < 1.29 is 14.2 Å². The van der Waals surface area contributed by atoms with Gasteiger partial charge in [0.15, 0.2) is 5.96 Å². The summed E-state index contributed by atoms with van der Waals surface area (Å²) in [6.45, 7) is 7.02. The molecule has 28 heavy (non-hydrogen) atoms. The van der Waals surface area contributed by atoms with E-state index in [1.54, 1.807) is 18.2 Å². The van der Waals surface area contributed by atoms with Crippen molar-refractivity contribution in [3.05, 3.63) is 65.5 Å². The van der Waals surface area contributed by atoms with Gasteiger partial charge in [-0.2, -0.15) is 0 Å². The van der Waals surface area contributed by atoms with E-state index in [0.717, 1.165) is 11.3 Å². The highest BCUT2D eigenvalue weighted by molar-refractivity contribution is 14.0. The van der Waals surface area contributed by atoms with Crippen LogP contribution < -0.4 is 15.4 Å². The summed E-state index contributed by atoms with van der Waals surface area (Å²) in [6, 6.07) is 14.0. The molecule has 1 atom stereocenters. The van der Waals surface area contributed by atoms with E-state index in [-0.39, 0.29) is 49.0 Å². The SMILES string of the molecule is CCNC(=NCc1ccccc1F)NCC(O)c1cccc(OC(C)C)c1.I. The Morgan fingerprint density at radius 1 is 1.14 bits per heavy atom. The molecule has 2 rings (SSSR count). The predicted octanol–water partition coefficient (Wildman–Crippen LogP) is 4.02. The average molecular weight is 501 g/mol. The quantitative estimate of drug-likeness (QED) is 0.291. The molecule has 0 aliphatic carbocycles. The van der Waals surface area contributed by atoms with Crippen LogP contribution in [0.4, 0.5) is 4.39 Å². The molecule has 0 saturated carbocycles. The van der Waals surface area contributed by atoms with Gasteiger partial charge in [-0.1, -0.05) is 30.3 Å². The molecular weight excluding hydrogens is 472 g/mol. The molecule has 5 nitrogen and oxygen atoms in total. The number of rotatable bonds is 8. The van der Waals surface area contributed by atoms with Crippen LogP contribution in [0.1, 0.15) is 38.0 Å². The molecule has 3 N–H and O–H groups in total. The second kappa shape index (κ2) is 12.6. The van der Waals surface area contributed by atoms with Gasteiger partial charge < -0.3 is 20.5 Å². The molecule has 0 saturated heterocycles. The number of guanidine groups is 1. The van der Waals surface area contributed by atoms with Crippen LogP contribution >= 0.6 is 24.0 Å². The molecule has 0 fully saturated rings. The first-order chi connectivity index (χ1) is 13.0. The van der Waals surface area contributed by atoms with E-state index in [1.165, 1.54) is 6.07 Å². The topological polar surface area (TPSA) is 65.9 Å². The number of nitrogens with one attached hydrogen (secondary N) is 2. The van der Waals surface area contributed by atoms with E-state index in [0.29, 0.717) is 18.1 Å². The molecule has 0 spiro atoms. The number of hydrogen-bond acceptors (Lipinski definition) is 3. The van der Waals surface area contributed by atoms with Gasteiger partial charge in [0.2, 0.25) is 0 Å². The summed E-state index contributed by atoms with van der Waals surface area (Å²) in [7, 11) is 0. The van der Waals surface area contributed by atoms with Gasteiger partial charge in [-0.3, -0.25) is 0 Å². The standard InChI is InChI=1S/C21H28FN3O2.HI/c1-4-23-21(24-13-17-8-5-6-11-19(17)22)25-14-20(26)16-9-7-10-18(12-16)27-15(2)3;/h5-12,15,20,26H,4,13-14H2,1-3H3,(H2,23,24,25);1H. The molecule has 0 radical (unpaired) electrons. The minimum Gasteiger partial charge on any atom is -0.491 e. The third kappa shape index (κ3) is 8.02. The third-order valence-electron chi connectivity index (χ3n) is 3.79. The molecule has 0 bridgehead atoms. The first-order valence-corrected chi connectivity index (χ1v) is 9.19. The number of aliphatic hydroxyl groups excluding tert-OH is 1. The second-order valence-electron chi connectivity index (χ2n) is 6.42. The Balaban J connectivity index is 0.00000392. The maximum absolute atomic E-state index is 13.7. The Morgan fingerprint density at radius 2 is 1.89 bits per heavy atom. The maximum atomic E-state index is 13.7. The zero-order valence-electron chi connectivity index (χ0n) is 16.5. The summed E-state index contributed by atoms with van der Waals surface area (Å²) < 4.78 is 19.4. The minimum absolute atomic E-state index is 0. The van der Waals surface area contributed by atoms with Gasteiger partial charge >= 0.3 is 0 Å².